The Bertz CT molecular complexity index is 1060. The summed E-state index contributed by atoms with van der Waals surface area (Å²) in [6, 6.07) is 4.01. The molecule has 0 atom stereocenters. The zero-order chi connectivity index (χ0) is 19.6. The van der Waals surface area contributed by atoms with Crippen LogP contribution >= 0.6 is 11.3 Å². The molecular weight excluding hydrogens is 371 g/mol. The van der Waals surface area contributed by atoms with Gasteiger partial charge in [0.1, 0.15) is 23.0 Å². The van der Waals surface area contributed by atoms with Gasteiger partial charge in [0, 0.05) is 17.0 Å². The molecule has 27 heavy (non-hydrogen) atoms. The van der Waals surface area contributed by atoms with Crippen LogP contribution in [-0.4, -0.2) is 22.6 Å². The first kappa shape index (κ1) is 19.0. The summed E-state index contributed by atoms with van der Waals surface area (Å²) in [4.78, 5) is 30.7. The molecule has 0 saturated carbocycles. The van der Waals surface area contributed by atoms with E-state index in [1.165, 1.54) is 47.5 Å². The van der Waals surface area contributed by atoms with E-state index in [1.807, 2.05) is 13.8 Å². The zero-order valence-corrected chi connectivity index (χ0v) is 16.1. The third kappa shape index (κ3) is 4.00. The number of carbonyl (C=O) groups is 1. The average molecular weight is 390 g/mol. The summed E-state index contributed by atoms with van der Waals surface area (Å²) in [7, 11) is 1.46. The molecule has 3 rings (SSSR count). The molecule has 0 fully saturated rings. The standard InChI is InChI=1S/C19H19FN2O4S/c1-11-12(2)27-18-17(11)19(24)22(10-21-18)7-6-16(23)26-9-13-8-14(20)4-5-15(13)25-3/h4-5,8,10H,6-7,9H2,1-3H3. The molecular formula is C19H19FN2O4S. The van der Waals surface area contributed by atoms with E-state index >= 15 is 0 Å². The maximum absolute atomic E-state index is 13.3. The van der Waals surface area contributed by atoms with Crippen LogP contribution in [0.4, 0.5) is 4.39 Å². The van der Waals surface area contributed by atoms with Crippen molar-refractivity contribution < 1.29 is 18.7 Å². The van der Waals surface area contributed by atoms with Gasteiger partial charge in [-0.05, 0) is 37.6 Å². The predicted molar refractivity (Wildman–Crippen MR) is 101 cm³/mol. The van der Waals surface area contributed by atoms with Crippen LogP contribution in [0.2, 0.25) is 0 Å². The quantitative estimate of drug-likeness (QED) is 0.604. The van der Waals surface area contributed by atoms with E-state index in [-0.39, 0.29) is 25.1 Å². The zero-order valence-electron chi connectivity index (χ0n) is 15.2. The van der Waals surface area contributed by atoms with Crippen LogP contribution in [0.1, 0.15) is 22.4 Å². The van der Waals surface area contributed by atoms with Crippen molar-refractivity contribution >= 4 is 27.5 Å². The van der Waals surface area contributed by atoms with Gasteiger partial charge in [0.15, 0.2) is 0 Å². The minimum absolute atomic E-state index is 0.00684. The Morgan fingerprint density at radius 1 is 1.33 bits per heavy atom. The van der Waals surface area contributed by atoms with Crippen molar-refractivity contribution in [2.45, 2.75) is 33.4 Å². The molecule has 2 aromatic heterocycles. The summed E-state index contributed by atoms with van der Waals surface area (Å²) >= 11 is 1.48. The first-order chi connectivity index (χ1) is 12.9. The highest BCUT2D eigenvalue weighted by atomic mass is 32.1. The topological polar surface area (TPSA) is 70.4 Å². The van der Waals surface area contributed by atoms with Gasteiger partial charge in [-0.1, -0.05) is 0 Å². The van der Waals surface area contributed by atoms with Gasteiger partial charge < -0.3 is 9.47 Å². The van der Waals surface area contributed by atoms with Crippen LogP contribution < -0.4 is 10.3 Å². The number of rotatable bonds is 6. The first-order valence-electron chi connectivity index (χ1n) is 8.34. The second-order valence-electron chi connectivity index (χ2n) is 6.07. The summed E-state index contributed by atoms with van der Waals surface area (Å²) in [5.74, 6) is -0.487. The summed E-state index contributed by atoms with van der Waals surface area (Å²) in [6.07, 6.45) is 1.45. The fraction of sp³-hybridized carbons (Fsp3) is 0.316. The Morgan fingerprint density at radius 3 is 2.85 bits per heavy atom. The third-order valence-electron chi connectivity index (χ3n) is 4.34. The number of halogens is 1. The van der Waals surface area contributed by atoms with Gasteiger partial charge in [-0.15, -0.1) is 11.3 Å². The fourth-order valence-electron chi connectivity index (χ4n) is 2.73. The van der Waals surface area contributed by atoms with E-state index in [9.17, 15) is 14.0 Å². The van der Waals surface area contributed by atoms with Crippen LogP contribution in [0.15, 0.2) is 29.3 Å². The summed E-state index contributed by atoms with van der Waals surface area (Å²) in [5.41, 5.74) is 1.19. The number of methoxy groups -OCH3 is 1. The first-order valence-corrected chi connectivity index (χ1v) is 9.15. The Hall–Kier alpha value is -2.74. The highest BCUT2D eigenvalue weighted by Gasteiger charge is 2.13. The van der Waals surface area contributed by atoms with E-state index in [1.54, 1.807) is 0 Å². The Balaban J connectivity index is 1.65. The van der Waals surface area contributed by atoms with E-state index in [0.29, 0.717) is 21.5 Å². The highest BCUT2D eigenvalue weighted by molar-refractivity contribution is 7.18. The van der Waals surface area contributed by atoms with E-state index in [2.05, 4.69) is 4.98 Å². The molecule has 1 aromatic carbocycles. The number of hydrogen-bond acceptors (Lipinski definition) is 6. The lowest BCUT2D eigenvalue weighted by molar-refractivity contribution is -0.145. The largest absolute Gasteiger partial charge is 0.496 e. The molecule has 8 heteroatoms. The molecule has 0 radical (unpaired) electrons. The predicted octanol–water partition coefficient (Wildman–Crippen LogP) is 3.36. The lowest BCUT2D eigenvalue weighted by atomic mass is 10.2. The van der Waals surface area contributed by atoms with Gasteiger partial charge in [-0.3, -0.25) is 14.2 Å². The number of nitrogens with zero attached hydrogens (tertiary/aromatic N) is 2. The van der Waals surface area contributed by atoms with Crippen molar-refractivity contribution in [2.24, 2.45) is 0 Å². The Labute approximate surface area is 159 Å². The maximum atomic E-state index is 13.3. The lowest BCUT2D eigenvalue weighted by Crippen LogP contribution is -2.22. The number of carbonyl (C=O) groups excluding carboxylic acids is 1. The number of aromatic nitrogens is 2. The summed E-state index contributed by atoms with van der Waals surface area (Å²) in [6.45, 7) is 3.90. The SMILES string of the molecule is COc1ccc(F)cc1COC(=O)CCn1cnc2sc(C)c(C)c2c1=O. The van der Waals surface area contributed by atoms with Gasteiger partial charge in [-0.25, -0.2) is 9.37 Å². The van der Waals surface area contributed by atoms with Crippen molar-refractivity contribution in [3.8, 4) is 5.75 Å². The second-order valence-corrected chi connectivity index (χ2v) is 7.28. The van der Waals surface area contributed by atoms with Crippen molar-refractivity contribution in [3.05, 3.63) is 56.7 Å². The van der Waals surface area contributed by atoms with Crippen molar-refractivity contribution in [3.63, 3.8) is 0 Å². The number of aryl methyl sites for hydroxylation is 3. The van der Waals surface area contributed by atoms with Gasteiger partial charge in [0.05, 0.1) is 25.2 Å². The summed E-state index contributed by atoms with van der Waals surface area (Å²) in [5, 5.41) is 0.595. The second kappa shape index (κ2) is 7.87. The smallest absolute Gasteiger partial charge is 0.307 e. The fourth-order valence-corrected chi connectivity index (χ4v) is 3.72. The molecule has 0 aliphatic rings. The van der Waals surface area contributed by atoms with Gasteiger partial charge in [0.2, 0.25) is 0 Å². The van der Waals surface area contributed by atoms with Crippen LogP contribution in [0.25, 0.3) is 10.2 Å². The monoisotopic (exact) mass is 390 g/mol. The molecule has 0 aliphatic carbocycles. The normalized spacial score (nSPS) is 11.0. The molecule has 0 saturated heterocycles. The van der Waals surface area contributed by atoms with E-state index in [4.69, 9.17) is 9.47 Å². The molecule has 142 valence electrons. The number of esters is 1. The molecule has 0 amide bonds. The molecule has 0 N–H and O–H groups in total. The maximum Gasteiger partial charge on any atom is 0.307 e. The molecule has 0 aliphatic heterocycles. The molecule has 6 nitrogen and oxygen atoms in total. The Morgan fingerprint density at radius 2 is 2.11 bits per heavy atom. The number of thiophene rings is 1. The number of hydrogen-bond donors (Lipinski definition) is 0. The van der Waals surface area contributed by atoms with E-state index in [0.717, 1.165) is 10.4 Å². The van der Waals surface area contributed by atoms with Crippen LogP contribution in [0, 0.1) is 19.7 Å². The third-order valence-corrected chi connectivity index (χ3v) is 5.46. The van der Waals surface area contributed by atoms with Crippen molar-refractivity contribution in [1.29, 1.82) is 0 Å². The van der Waals surface area contributed by atoms with Crippen LogP contribution in [0.3, 0.4) is 0 Å². The minimum Gasteiger partial charge on any atom is -0.496 e. The molecule has 0 unspecified atom stereocenters. The lowest BCUT2D eigenvalue weighted by Gasteiger charge is -2.10. The van der Waals surface area contributed by atoms with Gasteiger partial charge in [-0.2, -0.15) is 0 Å². The average Bonchev–Trinajstić information content (AvgIpc) is 2.94. The molecule has 0 spiro atoms. The van der Waals surface area contributed by atoms with Crippen LogP contribution in [0.5, 0.6) is 5.75 Å². The number of fused-ring (bicyclic) bond motifs is 1. The van der Waals surface area contributed by atoms with Gasteiger partial charge in [0.25, 0.3) is 5.56 Å². The molecule has 0 bridgehead atoms. The minimum atomic E-state index is -0.494. The highest BCUT2D eigenvalue weighted by Crippen LogP contribution is 2.25. The molecule has 3 aromatic rings. The number of ether oxygens (including phenoxy) is 2. The van der Waals surface area contributed by atoms with Gasteiger partial charge >= 0.3 is 5.97 Å². The number of benzene rings is 1. The molecule has 2 heterocycles. The van der Waals surface area contributed by atoms with Crippen LogP contribution in [-0.2, 0) is 22.7 Å². The van der Waals surface area contributed by atoms with Crippen molar-refractivity contribution in [1.82, 2.24) is 9.55 Å². The summed E-state index contributed by atoms with van der Waals surface area (Å²) < 4.78 is 25.1. The van der Waals surface area contributed by atoms with E-state index < -0.39 is 11.8 Å². The van der Waals surface area contributed by atoms with Crippen molar-refractivity contribution in [2.75, 3.05) is 7.11 Å². The Kier molecular flexibility index (Phi) is 5.55.